The lowest BCUT2D eigenvalue weighted by atomic mass is 9.92. The summed E-state index contributed by atoms with van der Waals surface area (Å²) in [7, 11) is 1.63. The number of rotatable bonds is 5. The number of hydrogen-bond donors (Lipinski definition) is 1. The molecule has 0 aliphatic heterocycles. The van der Waals surface area contributed by atoms with E-state index in [1.54, 1.807) is 19.5 Å². The molecule has 0 fully saturated rings. The van der Waals surface area contributed by atoms with Gasteiger partial charge in [-0.25, -0.2) is 9.97 Å². The average molecular weight is 374 g/mol. The van der Waals surface area contributed by atoms with Gasteiger partial charge in [-0.15, -0.1) is 0 Å². The van der Waals surface area contributed by atoms with Gasteiger partial charge in [0.15, 0.2) is 5.82 Å². The summed E-state index contributed by atoms with van der Waals surface area (Å²) < 4.78 is 5.16. The van der Waals surface area contributed by atoms with Crippen LogP contribution in [0.3, 0.4) is 0 Å². The van der Waals surface area contributed by atoms with E-state index in [0.29, 0.717) is 12.2 Å². The van der Waals surface area contributed by atoms with Gasteiger partial charge < -0.3 is 10.1 Å². The molecule has 0 radical (unpaired) electrons. The molecule has 1 aliphatic carbocycles. The SMILES string of the molecule is COc1ccc(CC(=O)NC2CCCc3nc(-c4cccnc4)ncc32)cc1. The molecule has 2 aromatic heterocycles. The van der Waals surface area contributed by atoms with Gasteiger partial charge in [0, 0.05) is 35.4 Å². The first-order chi connectivity index (χ1) is 13.7. The highest BCUT2D eigenvalue weighted by atomic mass is 16.5. The van der Waals surface area contributed by atoms with Crippen molar-refractivity contribution in [2.24, 2.45) is 0 Å². The summed E-state index contributed by atoms with van der Waals surface area (Å²) >= 11 is 0. The molecular weight excluding hydrogens is 352 g/mol. The molecule has 1 aromatic carbocycles. The van der Waals surface area contributed by atoms with Crippen LogP contribution in [0.1, 0.15) is 35.7 Å². The molecule has 2 heterocycles. The van der Waals surface area contributed by atoms with Crippen molar-refractivity contribution in [3.63, 3.8) is 0 Å². The summed E-state index contributed by atoms with van der Waals surface area (Å²) in [5.74, 6) is 1.46. The molecule has 0 spiro atoms. The van der Waals surface area contributed by atoms with E-state index in [2.05, 4.69) is 15.3 Å². The molecule has 0 bridgehead atoms. The van der Waals surface area contributed by atoms with E-state index in [1.165, 1.54) is 0 Å². The number of amides is 1. The molecule has 0 saturated heterocycles. The second-order valence-electron chi connectivity index (χ2n) is 6.87. The van der Waals surface area contributed by atoms with Crippen LogP contribution < -0.4 is 10.1 Å². The first-order valence-corrected chi connectivity index (χ1v) is 9.41. The van der Waals surface area contributed by atoms with Gasteiger partial charge in [0.1, 0.15) is 5.75 Å². The minimum Gasteiger partial charge on any atom is -0.497 e. The number of pyridine rings is 1. The van der Waals surface area contributed by atoms with E-state index in [1.807, 2.05) is 42.6 Å². The summed E-state index contributed by atoms with van der Waals surface area (Å²) in [6.07, 6.45) is 8.47. The molecular formula is C22H22N4O2. The fraction of sp³-hybridized carbons (Fsp3) is 0.273. The lowest BCUT2D eigenvalue weighted by Crippen LogP contribution is -2.32. The smallest absolute Gasteiger partial charge is 0.224 e. The zero-order chi connectivity index (χ0) is 19.3. The normalized spacial score (nSPS) is 15.5. The third-order valence-electron chi connectivity index (χ3n) is 4.96. The van der Waals surface area contributed by atoms with Crippen molar-refractivity contribution < 1.29 is 9.53 Å². The number of carbonyl (C=O) groups is 1. The molecule has 1 aliphatic rings. The van der Waals surface area contributed by atoms with Crippen LogP contribution in [0.5, 0.6) is 5.75 Å². The third-order valence-corrected chi connectivity index (χ3v) is 4.96. The van der Waals surface area contributed by atoms with Crippen molar-refractivity contribution in [1.29, 1.82) is 0 Å². The molecule has 4 rings (SSSR count). The number of fused-ring (bicyclic) bond motifs is 1. The van der Waals surface area contributed by atoms with Gasteiger partial charge in [0.2, 0.25) is 5.91 Å². The number of benzene rings is 1. The molecule has 142 valence electrons. The van der Waals surface area contributed by atoms with Crippen LogP contribution in [-0.4, -0.2) is 28.0 Å². The maximum atomic E-state index is 12.5. The Morgan fingerprint density at radius 1 is 1.21 bits per heavy atom. The molecule has 1 amide bonds. The lowest BCUT2D eigenvalue weighted by Gasteiger charge is -2.25. The van der Waals surface area contributed by atoms with Gasteiger partial charge in [0.25, 0.3) is 0 Å². The standard InChI is InChI=1S/C22H22N4O2/c1-28-17-9-7-15(8-10-17)12-21(27)25-19-5-2-6-20-18(19)14-24-22(26-20)16-4-3-11-23-13-16/h3-4,7-11,13-14,19H,2,5-6,12H2,1H3,(H,25,27). The van der Waals surface area contributed by atoms with E-state index >= 15 is 0 Å². The third kappa shape index (κ3) is 4.01. The number of aryl methyl sites for hydroxylation is 1. The molecule has 28 heavy (non-hydrogen) atoms. The van der Waals surface area contributed by atoms with E-state index in [-0.39, 0.29) is 11.9 Å². The zero-order valence-electron chi connectivity index (χ0n) is 15.8. The van der Waals surface area contributed by atoms with Crippen LogP contribution in [-0.2, 0) is 17.6 Å². The number of nitrogens with zero attached hydrogens (tertiary/aromatic N) is 3. The van der Waals surface area contributed by atoms with Crippen molar-refractivity contribution in [3.05, 3.63) is 71.8 Å². The molecule has 1 atom stereocenters. The van der Waals surface area contributed by atoms with Gasteiger partial charge in [-0.05, 0) is 49.1 Å². The second-order valence-corrected chi connectivity index (χ2v) is 6.87. The first-order valence-electron chi connectivity index (χ1n) is 9.41. The summed E-state index contributed by atoms with van der Waals surface area (Å²) in [5, 5.41) is 3.15. The summed E-state index contributed by atoms with van der Waals surface area (Å²) in [4.78, 5) is 25.9. The van der Waals surface area contributed by atoms with Crippen LogP contribution >= 0.6 is 0 Å². The molecule has 0 saturated carbocycles. The molecule has 1 N–H and O–H groups in total. The number of hydrogen-bond acceptors (Lipinski definition) is 5. The Labute approximate surface area is 164 Å². The first kappa shape index (κ1) is 18.1. The van der Waals surface area contributed by atoms with Crippen LogP contribution in [0.4, 0.5) is 0 Å². The highest BCUT2D eigenvalue weighted by Crippen LogP contribution is 2.29. The zero-order valence-corrected chi connectivity index (χ0v) is 15.8. The summed E-state index contributed by atoms with van der Waals surface area (Å²) in [6.45, 7) is 0. The van der Waals surface area contributed by atoms with Crippen molar-refractivity contribution in [2.75, 3.05) is 7.11 Å². The second kappa shape index (κ2) is 8.17. The van der Waals surface area contributed by atoms with Crippen LogP contribution in [0.25, 0.3) is 11.4 Å². The molecule has 6 nitrogen and oxygen atoms in total. The Balaban J connectivity index is 1.47. The Kier molecular flexibility index (Phi) is 5.28. The maximum absolute atomic E-state index is 12.5. The Morgan fingerprint density at radius 2 is 2.07 bits per heavy atom. The van der Waals surface area contributed by atoms with E-state index in [0.717, 1.165) is 47.4 Å². The fourth-order valence-electron chi connectivity index (χ4n) is 3.51. The fourth-order valence-corrected chi connectivity index (χ4v) is 3.51. The van der Waals surface area contributed by atoms with Gasteiger partial charge in [0.05, 0.1) is 19.6 Å². The van der Waals surface area contributed by atoms with Crippen LogP contribution in [0.2, 0.25) is 0 Å². The van der Waals surface area contributed by atoms with Gasteiger partial charge in [-0.1, -0.05) is 12.1 Å². The van der Waals surface area contributed by atoms with E-state index < -0.39 is 0 Å². The van der Waals surface area contributed by atoms with Crippen molar-refractivity contribution in [1.82, 2.24) is 20.3 Å². The number of methoxy groups -OCH3 is 1. The quantitative estimate of drug-likeness (QED) is 0.742. The highest BCUT2D eigenvalue weighted by molar-refractivity contribution is 5.79. The molecule has 3 aromatic rings. The lowest BCUT2D eigenvalue weighted by molar-refractivity contribution is -0.121. The highest BCUT2D eigenvalue weighted by Gasteiger charge is 2.24. The van der Waals surface area contributed by atoms with E-state index in [9.17, 15) is 4.79 Å². The molecule has 1 unspecified atom stereocenters. The summed E-state index contributed by atoms with van der Waals surface area (Å²) in [6, 6.07) is 11.3. The van der Waals surface area contributed by atoms with Crippen molar-refractivity contribution in [3.8, 4) is 17.1 Å². The largest absolute Gasteiger partial charge is 0.497 e. The predicted octanol–water partition coefficient (Wildman–Crippen LogP) is 3.28. The minimum atomic E-state index is -0.0440. The molecule has 6 heteroatoms. The predicted molar refractivity (Wildman–Crippen MR) is 106 cm³/mol. The number of carbonyl (C=O) groups excluding carboxylic acids is 1. The van der Waals surface area contributed by atoms with Crippen molar-refractivity contribution >= 4 is 5.91 Å². The van der Waals surface area contributed by atoms with Crippen molar-refractivity contribution in [2.45, 2.75) is 31.7 Å². The summed E-state index contributed by atoms with van der Waals surface area (Å²) in [5.41, 5.74) is 3.88. The Morgan fingerprint density at radius 3 is 2.82 bits per heavy atom. The maximum Gasteiger partial charge on any atom is 0.224 e. The topological polar surface area (TPSA) is 77.0 Å². The number of aromatic nitrogens is 3. The average Bonchev–Trinajstić information content (AvgIpc) is 2.75. The van der Waals surface area contributed by atoms with Gasteiger partial charge in [-0.3, -0.25) is 9.78 Å². The van der Waals surface area contributed by atoms with Gasteiger partial charge in [-0.2, -0.15) is 0 Å². The number of nitrogens with one attached hydrogen (secondary N) is 1. The Hall–Kier alpha value is -3.28. The Bertz CT molecular complexity index is 958. The number of ether oxygens (including phenoxy) is 1. The minimum absolute atomic E-state index is 0.000599. The van der Waals surface area contributed by atoms with E-state index in [4.69, 9.17) is 9.72 Å². The monoisotopic (exact) mass is 374 g/mol. The van der Waals surface area contributed by atoms with Crippen LogP contribution in [0.15, 0.2) is 55.0 Å². The van der Waals surface area contributed by atoms with Gasteiger partial charge >= 0.3 is 0 Å². The van der Waals surface area contributed by atoms with Crippen LogP contribution in [0, 0.1) is 0 Å².